The molecule has 1 fully saturated rings. The summed E-state index contributed by atoms with van der Waals surface area (Å²) in [5, 5.41) is 3.97. The zero-order valence-electron chi connectivity index (χ0n) is 15.6. The van der Waals surface area contributed by atoms with Gasteiger partial charge in [-0.15, -0.1) is 5.10 Å². The highest BCUT2D eigenvalue weighted by molar-refractivity contribution is 7.05. The summed E-state index contributed by atoms with van der Waals surface area (Å²) in [5.41, 5.74) is 1.93. The number of piperidine rings is 1. The highest BCUT2D eigenvalue weighted by Gasteiger charge is 2.49. The quantitative estimate of drug-likeness (QED) is 0.790. The van der Waals surface area contributed by atoms with E-state index in [0.29, 0.717) is 31.6 Å². The summed E-state index contributed by atoms with van der Waals surface area (Å²) in [4.78, 5) is 29.5. The van der Waals surface area contributed by atoms with Crippen LogP contribution in [0.2, 0.25) is 0 Å². The number of likely N-dealkylation sites (tertiary alicyclic amines) is 1. The SMILES string of the molecule is Cc1snnc1C(=O)N1CCC2(CC1)O[C@@H](C(=O)N(C)C)c1ccccc12. The van der Waals surface area contributed by atoms with Gasteiger partial charge in [0, 0.05) is 27.2 Å². The van der Waals surface area contributed by atoms with Crippen molar-refractivity contribution in [1.29, 1.82) is 0 Å². The minimum atomic E-state index is -0.580. The van der Waals surface area contributed by atoms with Gasteiger partial charge >= 0.3 is 0 Å². The topological polar surface area (TPSA) is 75.6 Å². The zero-order valence-corrected chi connectivity index (χ0v) is 16.5. The van der Waals surface area contributed by atoms with Crippen LogP contribution < -0.4 is 0 Å². The number of aryl methyl sites for hydroxylation is 1. The molecule has 0 unspecified atom stereocenters. The Balaban J connectivity index is 1.57. The summed E-state index contributed by atoms with van der Waals surface area (Å²) in [6.07, 6.45) is 0.732. The number of hydrogen-bond donors (Lipinski definition) is 0. The number of carbonyl (C=O) groups excluding carboxylic acids is 2. The van der Waals surface area contributed by atoms with Crippen molar-refractivity contribution >= 4 is 23.3 Å². The maximum atomic E-state index is 12.7. The smallest absolute Gasteiger partial charge is 0.275 e. The first-order valence-electron chi connectivity index (χ1n) is 8.99. The molecule has 0 N–H and O–H groups in total. The van der Waals surface area contributed by atoms with Crippen LogP contribution in [0, 0.1) is 6.92 Å². The fourth-order valence-corrected chi connectivity index (χ4v) is 4.41. The minimum absolute atomic E-state index is 0.0537. The number of likely N-dealkylation sites (N-methyl/N-ethyl adjacent to an activating group) is 1. The van der Waals surface area contributed by atoms with E-state index in [1.54, 1.807) is 19.0 Å². The van der Waals surface area contributed by atoms with Gasteiger partial charge in [0.2, 0.25) is 0 Å². The number of hydrogen-bond acceptors (Lipinski definition) is 6. The third-order valence-corrected chi connectivity index (χ3v) is 6.09. The predicted octanol–water partition coefficient (Wildman–Crippen LogP) is 2.14. The molecule has 7 nitrogen and oxygen atoms in total. The number of nitrogens with zero attached hydrogens (tertiary/aromatic N) is 4. The molecule has 0 aliphatic carbocycles. The van der Waals surface area contributed by atoms with Crippen LogP contribution in [-0.4, -0.2) is 58.4 Å². The van der Waals surface area contributed by atoms with Crippen molar-refractivity contribution in [1.82, 2.24) is 19.4 Å². The van der Waals surface area contributed by atoms with Crippen LogP contribution in [0.4, 0.5) is 0 Å². The number of aromatic nitrogens is 2. The van der Waals surface area contributed by atoms with Crippen molar-refractivity contribution in [2.45, 2.75) is 31.5 Å². The van der Waals surface area contributed by atoms with Gasteiger partial charge in [0.15, 0.2) is 11.8 Å². The Morgan fingerprint density at radius 3 is 2.59 bits per heavy atom. The Morgan fingerprint density at radius 2 is 1.96 bits per heavy atom. The Labute approximate surface area is 162 Å². The molecule has 2 amide bonds. The summed E-state index contributed by atoms with van der Waals surface area (Å²) in [7, 11) is 3.48. The average Bonchev–Trinajstić information content (AvgIpc) is 3.24. The molecule has 2 aliphatic rings. The molecule has 4 rings (SSSR count). The third-order valence-electron chi connectivity index (χ3n) is 5.46. The van der Waals surface area contributed by atoms with Gasteiger partial charge in [-0.3, -0.25) is 9.59 Å². The highest BCUT2D eigenvalue weighted by Crippen LogP contribution is 2.49. The normalized spacial score (nSPS) is 20.6. The lowest BCUT2D eigenvalue weighted by Crippen LogP contribution is -2.45. The Hall–Kier alpha value is -2.32. The molecule has 0 radical (unpaired) electrons. The second kappa shape index (κ2) is 6.69. The van der Waals surface area contributed by atoms with Gasteiger partial charge in [0.25, 0.3) is 11.8 Å². The first-order chi connectivity index (χ1) is 12.9. The molecule has 1 saturated heterocycles. The fraction of sp³-hybridized carbons (Fsp3) is 0.474. The molecule has 1 atom stereocenters. The number of ether oxygens (including phenoxy) is 1. The van der Waals surface area contributed by atoms with E-state index in [-0.39, 0.29) is 11.8 Å². The van der Waals surface area contributed by atoms with Crippen LogP contribution in [0.3, 0.4) is 0 Å². The Morgan fingerprint density at radius 1 is 1.26 bits per heavy atom. The zero-order chi connectivity index (χ0) is 19.2. The molecular formula is C19H22N4O3S. The summed E-state index contributed by atoms with van der Waals surface area (Å²) in [6, 6.07) is 7.93. The second-order valence-electron chi connectivity index (χ2n) is 7.28. The number of carbonyl (C=O) groups is 2. The van der Waals surface area contributed by atoms with Gasteiger partial charge in [-0.05, 0) is 42.4 Å². The second-order valence-corrected chi connectivity index (χ2v) is 8.24. The van der Waals surface area contributed by atoms with Crippen LogP contribution in [0.15, 0.2) is 24.3 Å². The van der Waals surface area contributed by atoms with Crippen molar-refractivity contribution in [3.63, 3.8) is 0 Å². The summed E-state index contributed by atoms with van der Waals surface area (Å²) < 4.78 is 10.2. The van der Waals surface area contributed by atoms with Gasteiger partial charge in [-0.1, -0.05) is 28.8 Å². The van der Waals surface area contributed by atoms with Crippen molar-refractivity contribution < 1.29 is 14.3 Å². The molecule has 27 heavy (non-hydrogen) atoms. The molecule has 0 bridgehead atoms. The van der Waals surface area contributed by atoms with E-state index in [0.717, 1.165) is 16.0 Å². The first kappa shape index (κ1) is 18.1. The number of fused-ring (bicyclic) bond motifs is 2. The van der Waals surface area contributed by atoms with Crippen LogP contribution in [-0.2, 0) is 15.1 Å². The van der Waals surface area contributed by atoms with E-state index >= 15 is 0 Å². The first-order valence-corrected chi connectivity index (χ1v) is 9.77. The van der Waals surface area contributed by atoms with E-state index in [1.807, 2.05) is 36.1 Å². The van der Waals surface area contributed by atoms with Gasteiger partial charge in [0.05, 0.1) is 10.5 Å². The van der Waals surface area contributed by atoms with E-state index in [4.69, 9.17) is 4.74 Å². The Bertz CT molecular complexity index is 887. The van der Waals surface area contributed by atoms with Crippen molar-refractivity contribution in [2.24, 2.45) is 0 Å². The monoisotopic (exact) mass is 386 g/mol. The van der Waals surface area contributed by atoms with Gasteiger partial charge in [-0.2, -0.15) is 0 Å². The summed E-state index contributed by atoms with van der Waals surface area (Å²) in [5.74, 6) is -0.134. The molecule has 1 aromatic heterocycles. The lowest BCUT2D eigenvalue weighted by Gasteiger charge is -2.39. The third kappa shape index (κ3) is 2.93. The largest absolute Gasteiger partial charge is 0.352 e. The highest BCUT2D eigenvalue weighted by atomic mass is 32.1. The fourth-order valence-electron chi connectivity index (χ4n) is 3.95. The average molecular weight is 386 g/mol. The van der Waals surface area contributed by atoms with Crippen molar-refractivity contribution in [2.75, 3.05) is 27.2 Å². The number of benzene rings is 1. The van der Waals surface area contributed by atoms with E-state index in [1.165, 1.54) is 11.5 Å². The van der Waals surface area contributed by atoms with E-state index < -0.39 is 11.7 Å². The molecular weight excluding hydrogens is 364 g/mol. The Kier molecular flexibility index (Phi) is 4.47. The van der Waals surface area contributed by atoms with Crippen LogP contribution in [0.5, 0.6) is 0 Å². The molecule has 8 heteroatoms. The van der Waals surface area contributed by atoms with Gasteiger partial charge in [-0.25, -0.2) is 0 Å². The van der Waals surface area contributed by atoms with Gasteiger partial charge < -0.3 is 14.5 Å². The molecule has 2 aromatic rings. The minimum Gasteiger partial charge on any atom is -0.352 e. The predicted molar refractivity (Wildman–Crippen MR) is 100 cm³/mol. The van der Waals surface area contributed by atoms with E-state index in [9.17, 15) is 9.59 Å². The lowest BCUT2D eigenvalue weighted by molar-refractivity contribution is -0.157. The lowest BCUT2D eigenvalue weighted by atomic mass is 9.83. The molecule has 1 spiro atoms. The standard InChI is InChI=1S/C19H22N4O3S/c1-12-15(20-21-27-12)17(24)23-10-8-19(9-11-23)14-7-5-4-6-13(14)16(26-19)18(25)22(2)3/h4-7,16H,8-11H2,1-3H3/t16-/m1/s1. The number of amides is 2. The van der Waals surface area contributed by atoms with Crippen LogP contribution in [0.1, 0.15) is 45.4 Å². The van der Waals surface area contributed by atoms with Gasteiger partial charge in [0.1, 0.15) is 0 Å². The molecule has 3 heterocycles. The maximum Gasteiger partial charge on any atom is 0.275 e. The van der Waals surface area contributed by atoms with Crippen molar-refractivity contribution in [3.8, 4) is 0 Å². The maximum absolute atomic E-state index is 12.7. The molecule has 142 valence electrons. The van der Waals surface area contributed by atoms with Crippen molar-refractivity contribution in [3.05, 3.63) is 46.0 Å². The molecule has 0 saturated carbocycles. The summed E-state index contributed by atoms with van der Waals surface area (Å²) in [6.45, 7) is 2.98. The van der Waals surface area contributed by atoms with E-state index in [2.05, 4.69) is 9.59 Å². The molecule has 2 aliphatic heterocycles. The number of rotatable bonds is 2. The molecule has 1 aromatic carbocycles. The van der Waals surface area contributed by atoms with Crippen LogP contribution >= 0.6 is 11.5 Å². The van der Waals surface area contributed by atoms with Crippen LogP contribution in [0.25, 0.3) is 0 Å². The summed E-state index contributed by atoms with van der Waals surface area (Å²) >= 11 is 1.24.